The number of benzene rings is 2. The maximum atomic E-state index is 14.1. The number of carbonyl (C=O) groups is 2. The van der Waals surface area contributed by atoms with Crippen LogP contribution in [-0.4, -0.2) is 39.6 Å². The number of H-pyrrole nitrogens is 1. The summed E-state index contributed by atoms with van der Waals surface area (Å²) in [5, 5.41) is 11.9. The van der Waals surface area contributed by atoms with Gasteiger partial charge in [0.2, 0.25) is 5.91 Å². The summed E-state index contributed by atoms with van der Waals surface area (Å²) in [4.78, 5) is 29.1. The Hall–Kier alpha value is -3.75. The summed E-state index contributed by atoms with van der Waals surface area (Å²) in [6.45, 7) is 1.61. The van der Waals surface area contributed by atoms with Gasteiger partial charge >= 0.3 is 0 Å². The van der Waals surface area contributed by atoms with E-state index < -0.39 is 23.7 Å². The molecule has 0 saturated heterocycles. The molecule has 2 aromatic carbocycles. The molecule has 3 aromatic rings. The molecule has 9 heteroatoms. The van der Waals surface area contributed by atoms with Crippen molar-refractivity contribution in [2.24, 2.45) is 0 Å². The summed E-state index contributed by atoms with van der Waals surface area (Å²) in [6, 6.07) is 11.7. The molecule has 0 saturated carbocycles. The van der Waals surface area contributed by atoms with Gasteiger partial charge in [-0.25, -0.2) is 9.37 Å². The van der Waals surface area contributed by atoms with Gasteiger partial charge in [0.15, 0.2) is 11.6 Å². The normalized spacial score (nSPS) is 15.5. The van der Waals surface area contributed by atoms with Gasteiger partial charge in [0, 0.05) is 6.42 Å². The first kappa shape index (κ1) is 19.6. The van der Waals surface area contributed by atoms with Crippen LogP contribution in [0.25, 0.3) is 0 Å². The highest BCUT2D eigenvalue weighted by atomic mass is 19.1. The monoisotopic (exact) mass is 409 g/mol. The number of amides is 2. The number of fused-ring (bicyclic) bond motifs is 1. The molecular formula is C21H20FN5O3. The zero-order chi connectivity index (χ0) is 21.1. The second-order valence-corrected chi connectivity index (χ2v) is 7.08. The Morgan fingerprint density at radius 2 is 2.10 bits per heavy atom. The molecule has 154 valence electrons. The van der Waals surface area contributed by atoms with Crippen molar-refractivity contribution in [3.63, 3.8) is 0 Å². The van der Waals surface area contributed by atoms with Crippen LogP contribution in [0.15, 0.2) is 42.5 Å². The molecule has 2 amide bonds. The van der Waals surface area contributed by atoms with Gasteiger partial charge < -0.3 is 15.4 Å². The van der Waals surface area contributed by atoms with Crippen LogP contribution < -0.4 is 15.4 Å². The number of carbonyl (C=O) groups excluding carboxylic acids is 2. The summed E-state index contributed by atoms with van der Waals surface area (Å²) in [6.07, 6.45) is 0.465. The van der Waals surface area contributed by atoms with E-state index in [4.69, 9.17) is 4.74 Å². The fourth-order valence-corrected chi connectivity index (χ4v) is 3.18. The van der Waals surface area contributed by atoms with E-state index in [1.165, 1.54) is 6.07 Å². The van der Waals surface area contributed by atoms with Gasteiger partial charge in [-0.2, -0.15) is 5.10 Å². The van der Waals surface area contributed by atoms with Gasteiger partial charge in [-0.05, 0) is 30.2 Å². The fourth-order valence-electron chi connectivity index (χ4n) is 3.18. The molecule has 0 radical (unpaired) electrons. The van der Waals surface area contributed by atoms with Crippen LogP contribution in [0.2, 0.25) is 0 Å². The Kier molecular flexibility index (Phi) is 5.42. The number of rotatable bonds is 5. The van der Waals surface area contributed by atoms with Gasteiger partial charge in [-0.15, -0.1) is 0 Å². The highest BCUT2D eigenvalue weighted by molar-refractivity contribution is 5.99. The predicted molar refractivity (Wildman–Crippen MR) is 107 cm³/mol. The molecule has 0 unspecified atom stereocenters. The molecule has 0 bridgehead atoms. The highest BCUT2D eigenvalue weighted by Crippen LogP contribution is 2.31. The SMILES string of the molecule is Cc1cc(F)c2c(c1)OC[C@@H](NC(=O)Cc1n[nH]c(Cc3ccccc3)n1)C(=O)N2. The molecule has 3 N–H and O–H groups in total. The lowest BCUT2D eigenvalue weighted by Crippen LogP contribution is -2.47. The van der Waals surface area contributed by atoms with Crippen LogP contribution in [0, 0.1) is 12.7 Å². The molecule has 30 heavy (non-hydrogen) atoms. The number of halogens is 1. The predicted octanol–water partition coefficient (Wildman–Crippen LogP) is 1.90. The van der Waals surface area contributed by atoms with E-state index in [0.29, 0.717) is 23.6 Å². The van der Waals surface area contributed by atoms with Gasteiger partial charge in [-0.3, -0.25) is 14.7 Å². The zero-order valence-corrected chi connectivity index (χ0v) is 16.2. The van der Waals surface area contributed by atoms with Gasteiger partial charge in [0.25, 0.3) is 5.91 Å². The average molecular weight is 409 g/mol. The lowest BCUT2D eigenvalue weighted by Gasteiger charge is -2.14. The van der Waals surface area contributed by atoms with E-state index in [1.54, 1.807) is 13.0 Å². The van der Waals surface area contributed by atoms with Gasteiger partial charge in [0.1, 0.15) is 29.9 Å². The summed E-state index contributed by atoms with van der Waals surface area (Å²) in [7, 11) is 0. The van der Waals surface area contributed by atoms with Crippen molar-refractivity contribution in [2.75, 3.05) is 11.9 Å². The number of nitrogens with zero attached hydrogens (tertiary/aromatic N) is 2. The molecule has 1 aromatic heterocycles. The number of aromatic amines is 1. The quantitative estimate of drug-likeness (QED) is 0.596. The summed E-state index contributed by atoms with van der Waals surface area (Å²) < 4.78 is 19.7. The maximum absolute atomic E-state index is 14.1. The molecule has 4 rings (SSSR count). The molecule has 1 aliphatic rings. The van der Waals surface area contributed by atoms with E-state index in [1.807, 2.05) is 30.3 Å². The number of hydrogen-bond acceptors (Lipinski definition) is 5. The minimum Gasteiger partial charge on any atom is -0.489 e. The third kappa shape index (κ3) is 4.45. The van der Waals surface area contributed by atoms with E-state index >= 15 is 0 Å². The Morgan fingerprint density at radius 1 is 1.30 bits per heavy atom. The van der Waals surface area contributed by atoms with Crippen molar-refractivity contribution in [1.82, 2.24) is 20.5 Å². The molecule has 0 fully saturated rings. The van der Waals surface area contributed by atoms with Crippen LogP contribution in [-0.2, 0) is 22.4 Å². The molecule has 0 spiro atoms. The van der Waals surface area contributed by atoms with Crippen LogP contribution in [0.5, 0.6) is 5.75 Å². The first-order chi connectivity index (χ1) is 14.5. The lowest BCUT2D eigenvalue weighted by molar-refractivity contribution is -0.126. The third-order valence-electron chi connectivity index (χ3n) is 4.61. The lowest BCUT2D eigenvalue weighted by atomic mass is 10.1. The largest absolute Gasteiger partial charge is 0.489 e. The second-order valence-electron chi connectivity index (χ2n) is 7.08. The summed E-state index contributed by atoms with van der Waals surface area (Å²) >= 11 is 0. The number of nitrogens with one attached hydrogen (secondary N) is 3. The Morgan fingerprint density at radius 3 is 2.90 bits per heavy atom. The molecule has 1 atom stereocenters. The first-order valence-corrected chi connectivity index (χ1v) is 9.45. The van der Waals surface area contributed by atoms with E-state index in [2.05, 4.69) is 25.8 Å². The summed E-state index contributed by atoms with van der Waals surface area (Å²) in [5.41, 5.74) is 1.71. The van der Waals surface area contributed by atoms with Crippen molar-refractivity contribution in [3.05, 3.63) is 71.1 Å². The smallest absolute Gasteiger partial charge is 0.250 e. The number of ether oxygens (including phenoxy) is 1. The molecular weight excluding hydrogens is 389 g/mol. The maximum Gasteiger partial charge on any atom is 0.250 e. The van der Waals surface area contributed by atoms with Crippen LogP contribution in [0.3, 0.4) is 0 Å². The fraction of sp³-hybridized carbons (Fsp3) is 0.238. The Labute approximate surface area is 171 Å². The van der Waals surface area contributed by atoms with E-state index in [0.717, 1.165) is 5.56 Å². The molecule has 1 aliphatic heterocycles. The number of aromatic nitrogens is 3. The van der Waals surface area contributed by atoms with Crippen molar-refractivity contribution in [2.45, 2.75) is 25.8 Å². The number of anilines is 1. The number of aryl methyl sites for hydroxylation is 1. The topological polar surface area (TPSA) is 109 Å². The Balaban J connectivity index is 1.36. The standard InChI is InChI=1S/C21H20FN5O3/c1-12-7-14(22)20-16(8-12)30-11-15(21(29)25-20)23-19(28)10-18-24-17(26-27-18)9-13-5-3-2-4-6-13/h2-8,15H,9-11H2,1H3,(H,23,28)(H,25,29)(H,24,26,27)/t15-/m1/s1. The zero-order valence-electron chi connectivity index (χ0n) is 16.2. The van der Waals surface area contributed by atoms with Crippen LogP contribution >= 0.6 is 0 Å². The first-order valence-electron chi connectivity index (χ1n) is 9.45. The van der Waals surface area contributed by atoms with Crippen LogP contribution in [0.4, 0.5) is 10.1 Å². The summed E-state index contributed by atoms with van der Waals surface area (Å²) in [5.74, 6) is -0.385. The second kappa shape index (κ2) is 8.32. The minimum absolute atomic E-state index is 0.0260. The van der Waals surface area contributed by atoms with Crippen LogP contribution in [0.1, 0.15) is 22.8 Å². The molecule has 8 nitrogen and oxygen atoms in total. The number of hydrogen-bond donors (Lipinski definition) is 3. The van der Waals surface area contributed by atoms with Crippen molar-refractivity contribution >= 4 is 17.5 Å². The third-order valence-corrected chi connectivity index (χ3v) is 4.61. The average Bonchev–Trinajstić information content (AvgIpc) is 3.07. The van der Waals surface area contributed by atoms with Crippen molar-refractivity contribution in [1.29, 1.82) is 0 Å². The Bertz CT molecular complexity index is 1080. The minimum atomic E-state index is -0.965. The highest BCUT2D eigenvalue weighted by Gasteiger charge is 2.28. The van der Waals surface area contributed by atoms with Crippen molar-refractivity contribution in [3.8, 4) is 5.75 Å². The molecule has 0 aliphatic carbocycles. The van der Waals surface area contributed by atoms with Gasteiger partial charge in [0.05, 0.1) is 6.42 Å². The van der Waals surface area contributed by atoms with E-state index in [-0.39, 0.29) is 24.5 Å². The van der Waals surface area contributed by atoms with Gasteiger partial charge in [-0.1, -0.05) is 30.3 Å². The molecule has 2 heterocycles. The van der Waals surface area contributed by atoms with Crippen molar-refractivity contribution < 1.29 is 18.7 Å². The van der Waals surface area contributed by atoms with E-state index in [9.17, 15) is 14.0 Å².